The van der Waals surface area contributed by atoms with Crippen molar-refractivity contribution in [1.82, 2.24) is 4.90 Å². The largest absolute Gasteiger partial charge is 0.496 e. The lowest BCUT2D eigenvalue weighted by Gasteiger charge is -2.37. The predicted molar refractivity (Wildman–Crippen MR) is 111 cm³/mol. The lowest BCUT2D eigenvalue weighted by atomic mass is 10.1. The van der Waals surface area contributed by atoms with Crippen molar-refractivity contribution in [2.24, 2.45) is 0 Å². The number of aryl methyl sites for hydroxylation is 2. The minimum Gasteiger partial charge on any atom is -0.496 e. The third-order valence-electron chi connectivity index (χ3n) is 5.03. The van der Waals surface area contributed by atoms with E-state index in [1.165, 1.54) is 22.4 Å². The monoisotopic (exact) mass is 418 g/mol. The molecular formula is C21H27BrN2O2. The van der Waals surface area contributed by atoms with Crippen molar-refractivity contribution >= 4 is 21.6 Å². The number of anilines is 1. The number of ether oxygens (including phenoxy) is 2. The fraction of sp³-hybridized carbons (Fsp3) is 0.429. The molecule has 0 spiro atoms. The van der Waals surface area contributed by atoms with Crippen LogP contribution in [0.4, 0.5) is 5.69 Å². The van der Waals surface area contributed by atoms with Gasteiger partial charge in [-0.3, -0.25) is 4.90 Å². The van der Waals surface area contributed by atoms with Crippen molar-refractivity contribution in [2.45, 2.75) is 20.4 Å². The van der Waals surface area contributed by atoms with Crippen LogP contribution in [0, 0.1) is 13.8 Å². The van der Waals surface area contributed by atoms with Crippen LogP contribution in [0.15, 0.2) is 34.8 Å². The molecule has 0 atom stereocenters. The lowest BCUT2D eigenvalue weighted by molar-refractivity contribution is 0.245. The highest BCUT2D eigenvalue weighted by Gasteiger charge is 2.20. The average Bonchev–Trinajstić information content (AvgIpc) is 2.65. The smallest absolute Gasteiger partial charge is 0.136 e. The Morgan fingerprint density at radius 3 is 2.27 bits per heavy atom. The molecule has 0 saturated carbocycles. The minimum atomic E-state index is 0.797. The highest BCUT2D eigenvalue weighted by Crippen LogP contribution is 2.33. The van der Waals surface area contributed by atoms with E-state index in [4.69, 9.17) is 9.47 Å². The van der Waals surface area contributed by atoms with Gasteiger partial charge < -0.3 is 14.4 Å². The van der Waals surface area contributed by atoms with Gasteiger partial charge in [-0.05, 0) is 53.0 Å². The molecule has 0 amide bonds. The van der Waals surface area contributed by atoms with E-state index in [2.05, 4.69) is 63.8 Å². The van der Waals surface area contributed by atoms with Crippen molar-refractivity contribution in [2.75, 3.05) is 45.3 Å². The van der Waals surface area contributed by atoms with E-state index in [0.717, 1.165) is 48.7 Å². The normalized spacial score (nSPS) is 15.2. The van der Waals surface area contributed by atoms with Crippen LogP contribution in [0.25, 0.3) is 0 Å². The Bertz CT molecular complexity index is 771. The van der Waals surface area contributed by atoms with Gasteiger partial charge in [-0.15, -0.1) is 0 Å². The van der Waals surface area contributed by atoms with Crippen molar-refractivity contribution < 1.29 is 9.47 Å². The zero-order valence-electron chi connectivity index (χ0n) is 16.0. The van der Waals surface area contributed by atoms with Crippen LogP contribution in [-0.4, -0.2) is 45.3 Å². The molecule has 0 aliphatic carbocycles. The summed E-state index contributed by atoms with van der Waals surface area (Å²) >= 11 is 3.58. The Labute approximate surface area is 164 Å². The molecule has 0 bridgehead atoms. The van der Waals surface area contributed by atoms with Gasteiger partial charge in [0, 0.05) is 50.0 Å². The summed E-state index contributed by atoms with van der Waals surface area (Å²) in [6.07, 6.45) is 0. The van der Waals surface area contributed by atoms with E-state index < -0.39 is 0 Å². The summed E-state index contributed by atoms with van der Waals surface area (Å²) in [4.78, 5) is 4.98. The summed E-state index contributed by atoms with van der Waals surface area (Å²) in [6.45, 7) is 9.41. The number of rotatable bonds is 5. The molecule has 1 heterocycles. The Morgan fingerprint density at radius 2 is 1.62 bits per heavy atom. The first-order valence-electron chi connectivity index (χ1n) is 8.96. The molecule has 2 aromatic rings. The summed E-state index contributed by atoms with van der Waals surface area (Å²) in [5.74, 6) is 1.67. The second-order valence-electron chi connectivity index (χ2n) is 6.85. The Kier molecular flexibility index (Phi) is 6.09. The highest BCUT2D eigenvalue weighted by molar-refractivity contribution is 9.10. The summed E-state index contributed by atoms with van der Waals surface area (Å²) in [5, 5.41) is 0. The maximum Gasteiger partial charge on any atom is 0.136 e. The van der Waals surface area contributed by atoms with Gasteiger partial charge in [-0.1, -0.05) is 12.1 Å². The summed E-state index contributed by atoms with van der Waals surface area (Å²) in [5.41, 5.74) is 5.22. The number of methoxy groups -OCH3 is 2. The molecule has 3 rings (SSSR count). The first kappa shape index (κ1) is 19.1. The predicted octanol–water partition coefficient (Wildman–Crippen LogP) is 4.41. The maximum absolute atomic E-state index is 5.57. The molecule has 1 aliphatic rings. The van der Waals surface area contributed by atoms with Gasteiger partial charge >= 0.3 is 0 Å². The number of nitrogens with zero attached hydrogens (tertiary/aromatic N) is 2. The molecule has 0 N–H and O–H groups in total. The first-order chi connectivity index (χ1) is 12.5. The second-order valence-corrected chi connectivity index (χ2v) is 7.71. The van der Waals surface area contributed by atoms with Crippen LogP contribution in [0.3, 0.4) is 0 Å². The molecular weight excluding hydrogens is 392 g/mol. The van der Waals surface area contributed by atoms with E-state index >= 15 is 0 Å². The van der Waals surface area contributed by atoms with Gasteiger partial charge in [0.05, 0.1) is 18.7 Å². The average molecular weight is 419 g/mol. The van der Waals surface area contributed by atoms with Crippen molar-refractivity contribution in [1.29, 1.82) is 0 Å². The van der Waals surface area contributed by atoms with E-state index in [0.29, 0.717) is 0 Å². The van der Waals surface area contributed by atoms with Gasteiger partial charge in [-0.2, -0.15) is 0 Å². The van der Waals surface area contributed by atoms with Crippen molar-refractivity contribution in [3.8, 4) is 11.5 Å². The van der Waals surface area contributed by atoms with E-state index in [-0.39, 0.29) is 0 Å². The Hall–Kier alpha value is -1.72. The number of hydrogen-bond donors (Lipinski definition) is 0. The van der Waals surface area contributed by atoms with Crippen LogP contribution in [-0.2, 0) is 6.54 Å². The number of piperazine rings is 1. The van der Waals surface area contributed by atoms with E-state index in [1.807, 2.05) is 6.07 Å². The number of hydrogen-bond acceptors (Lipinski definition) is 4. The molecule has 1 aliphatic heterocycles. The third-order valence-corrected chi connectivity index (χ3v) is 5.65. The van der Waals surface area contributed by atoms with Gasteiger partial charge in [0.1, 0.15) is 11.5 Å². The number of benzene rings is 2. The zero-order chi connectivity index (χ0) is 18.7. The molecule has 0 unspecified atom stereocenters. The lowest BCUT2D eigenvalue weighted by Crippen LogP contribution is -2.46. The molecule has 4 nitrogen and oxygen atoms in total. The summed E-state index contributed by atoms with van der Waals surface area (Å²) in [6, 6.07) is 10.8. The second kappa shape index (κ2) is 8.31. The molecule has 2 aromatic carbocycles. The summed E-state index contributed by atoms with van der Waals surface area (Å²) in [7, 11) is 3.39. The first-order valence-corrected chi connectivity index (χ1v) is 9.76. The number of halogens is 1. The van der Waals surface area contributed by atoms with Gasteiger partial charge in [0.15, 0.2) is 0 Å². The summed E-state index contributed by atoms with van der Waals surface area (Å²) < 4.78 is 11.9. The third kappa shape index (κ3) is 4.15. The van der Waals surface area contributed by atoms with Crippen LogP contribution < -0.4 is 14.4 Å². The Morgan fingerprint density at radius 1 is 0.923 bits per heavy atom. The van der Waals surface area contributed by atoms with Gasteiger partial charge in [-0.25, -0.2) is 0 Å². The topological polar surface area (TPSA) is 24.9 Å². The Balaban J connectivity index is 1.67. The zero-order valence-corrected chi connectivity index (χ0v) is 17.6. The van der Waals surface area contributed by atoms with Crippen LogP contribution in [0.5, 0.6) is 11.5 Å². The van der Waals surface area contributed by atoms with Crippen LogP contribution >= 0.6 is 15.9 Å². The van der Waals surface area contributed by atoms with E-state index in [9.17, 15) is 0 Å². The van der Waals surface area contributed by atoms with E-state index in [1.54, 1.807) is 14.2 Å². The molecule has 0 radical (unpaired) electrons. The maximum atomic E-state index is 5.57. The van der Waals surface area contributed by atoms with Crippen LogP contribution in [0.2, 0.25) is 0 Å². The highest BCUT2D eigenvalue weighted by atomic mass is 79.9. The SMILES string of the molecule is COc1cc(OC)c(CN2CCN(c3cc(C)ccc3C)CC2)cc1Br. The molecule has 26 heavy (non-hydrogen) atoms. The molecule has 1 fully saturated rings. The van der Waals surface area contributed by atoms with Crippen LogP contribution in [0.1, 0.15) is 16.7 Å². The minimum absolute atomic E-state index is 0.797. The van der Waals surface area contributed by atoms with Crippen molar-refractivity contribution in [3.05, 3.63) is 51.5 Å². The molecule has 0 aromatic heterocycles. The van der Waals surface area contributed by atoms with Gasteiger partial charge in [0.2, 0.25) is 0 Å². The standard InChI is InChI=1S/C21H27BrN2O2/c1-15-5-6-16(2)19(11-15)24-9-7-23(8-10-24)14-17-12-18(22)21(26-4)13-20(17)25-3/h5-6,11-13H,7-10,14H2,1-4H3. The molecule has 1 saturated heterocycles. The fourth-order valence-corrected chi connectivity index (χ4v) is 4.05. The molecule has 140 valence electrons. The van der Waals surface area contributed by atoms with Crippen molar-refractivity contribution in [3.63, 3.8) is 0 Å². The van der Waals surface area contributed by atoms with Gasteiger partial charge in [0.25, 0.3) is 0 Å². The quantitative estimate of drug-likeness (QED) is 0.717. The fourth-order valence-electron chi connectivity index (χ4n) is 3.49. The molecule has 5 heteroatoms.